The third-order valence-electron chi connectivity index (χ3n) is 5.80. The molecule has 8 heteroatoms. The Kier molecular flexibility index (Phi) is 5.16. The lowest BCUT2D eigenvalue weighted by Crippen LogP contribution is -2.22. The van der Waals surface area contributed by atoms with E-state index >= 15 is 0 Å². The van der Waals surface area contributed by atoms with Gasteiger partial charge in [0.1, 0.15) is 12.2 Å². The number of hydrogen-bond acceptors (Lipinski definition) is 6. The summed E-state index contributed by atoms with van der Waals surface area (Å²) in [7, 11) is 0. The van der Waals surface area contributed by atoms with Crippen molar-refractivity contribution in [1.82, 2.24) is 34.3 Å². The van der Waals surface area contributed by atoms with E-state index < -0.39 is 0 Å². The van der Waals surface area contributed by atoms with Crippen LogP contribution in [0, 0.1) is 0 Å². The van der Waals surface area contributed by atoms with Crippen molar-refractivity contribution in [3.05, 3.63) is 61.2 Å². The van der Waals surface area contributed by atoms with Crippen LogP contribution in [0.5, 0.6) is 0 Å². The molecule has 0 spiro atoms. The van der Waals surface area contributed by atoms with Gasteiger partial charge in [0.2, 0.25) is 5.95 Å². The summed E-state index contributed by atoms with van der Waals surface area (Å²) < 4.78 is 4.24. The zero-order valence-corrected chi connectivity index (χ0v) is 20.1. The van der Waals surface area contributed by atoms with Crippen LogP contribution >= 0.6 is 0 Å². The molecule has 2 N–H and O–H groups in total. The number of nitrogens with zero attached hydrogens (tertiary/aromatic N) is 7. The molecular formula is C26H28N8. The number of aromatic nitrogens is 7. The standard InChI is InChI=1S/C26H28N8/c1-16(2)34-23(30-15-31-34)19-8-6-7-9-20(19)24-32-21-12-17(18-13-28-25(27)29-14-18)10-11-22(21)33(24)26(3,4)5/h6-16H,1-5H3,(H2,27,28,29). The first-order valence-electron chi connectivity index (χ1n) is 11.3. The summed E-state index contributed by atoms with van der Waals surface area (Å²) in [5.41, 5.74) is 11.3. The van der Waals surface area contributed by atoms with Gasteiger partial charge in [-0.2, -0.15) is 5.10 Å². The zero-order chi connectivity index (χ0) is 24.0. The Labute approximate surface area is 198 Å². The maximum absolute atomic E-state index is 5.67. The Balaban J connectivity index is 1.74. The van der Waals surface area contributed by atoms with Crippen LogP contribution in [0.1, 0.15) is 40.7 Å². The van der Waals surface area contributed by atoms with Gasteiger partial charge in [-0.05, 0) is 52.3 Å². The lowest BCUT2D eigenvalue weighted by atomic mass is 10.0. The molecule has 0 bridgehead atoms. The fourth-order valence-electron chi connectivity index (χ4n) is 4.30. The van der Waals surface area contributed by atoms with Crippen molar-refractivity contribution in [2.45, 2.75) is 46.2 Å². The van der Waals surface area contributed by atoms with E-state index in [4.69, 9.17) is 10.7 Å². The third kappa shape index (κ3) is 3.71. The first kappa shape index (κ1) is 21.8. The molecule has 0 saturated carbocycles. The van der Waals surface area contributed by atoms with E-state index in [9.17, 15) is 0 Å². The molecule has 0 aliphatic carbocycles. The Morgan fingerprint density at radius 1 is 0.853 bits per heavy atom. The summed E-state index contributed by atoms with van der Waals surface area (Å²) in [6.07, 6.45) is 5.08. The normalized spacial score (nSPS) is 12.1. The molecule has 5 rings (SSSR count). The molecule has 0 saturated heterocycles. The van der Waals surface area contributed by atoms with E-state index in [2.05, 4.69) is 89.6 Å². The Hall–Kier alpha value is -4.07. The topological polar surface area (TPSA) is 100 Å². The lowest BCUT2D eigenvalue weighted by Gasteiger charge is -2.25. The van der Waals surface area contributed by atoms with Gasteiger partial charge in [-0.25, -0.2) is 24.6 Å². The minimum atomic E-state index is -0.200. The van der Waals surface area contributed by atoms with Gasteiger partial charge in [0, 0.05) is 40.7 Å². The number of nitrogens with two attached hydrogens (primary N) is 1. The van der Waals surface area contributed by atoms with Crippen molar-refractivity contribution < 1.29 is 0 Å². The molecule has 0 atom stereocenters. The van der Waals surface area contributed by atoms with Crippen LogP contribution in [0.4, 0.5) is 5.95 Å². The monoisotopic (exact) mass is 452 g/mol. The third-order valence-corrected chi connectivity index (χ3v) is 5.80. The second-order valence-electron chi connectivity index (χ2n) is 9.64. The molecule has 34 heavy (non-hydrogen) atoms. The van der Waals surface area contributed by atoms with Gasteiger partial charge in [0.15, 0.2) is 5.82 Å². The summed E-state index contributed by atoms with van der Waals surface area (Å²) >= 11 is 0. The first-order chi connectivity index (χ1) is 16.2. The Morgan fingerprint density at radius 2 is 1.53 bits per heavy atom. The van der Waals surface area contributed by atoms with E-state index in [1.165, 1.54) is 0 Å². The summed E-state index contributed by atoms with van der Waals surface area (Å²) in [6, 6.07) is 14.7. The molecule has 5 aromatic rings. The molecule has 3 heterocycles. The molecule has 0 aliphatic heterocycles. The van der Waals surface area contributed by atoms with Crippen LogP contribution in [0.15, 0.2) is 61.2 Å². The van der Waals surface area contributed by atoms with Crippen LogP contribution in [0.2, 0.25) is 0 Å². The van der Waals surface area contributed by atoms with Gasteiger partial charge in [0.05, 0.1) is 11.0 Å². The summed E-state index contributed by atoms with van der Waals surface area (Å²) in [6.45, 7) is 10.8. The smallest absolute Gasteiger partial charge is 0.219 e. The van der Waals surface area contributed by atoms with Gasteiger partial charge in [-0.15, -0.1) is 0 Å². The van der Waals surface area contributed by atoms with Crippen molar-refractivity contribution in [2.75, 3.05) is 5.73 Å². The van der Waals surface area contributed by atoms with Crippen molar-refractivity contribution in [2.24, 2.45) is 0 Å². The minimum absolute atomic E-state index is 0.191. The molecule has 0 radical (unpaired) electrons. The SMILES string of the molecule is CC(C)n1ncnc1-c1ccccc1-c1nc2cc(-c3cnc(N)nc3)ccc2n1C(C)(C)C. The number of rotatable bonds is 4. The van der Waals surface area contributed by atoms with Crippen LogP contribution in [-0.2, 0) is 5.54 Å². The highest BCUT2D eigenvalue weighted by Gasteiger charge is 2.25. The second kappa shape index (κ2) is 8.06. The maximum atomic E-state index is 5.67. The van der Waals surface area contributed by atoms with Crippen LogP contribution in [0.3, 0.4) is 0 Å². The van der Waals surface area contributed by atoms with E-state index in [-0.39, 0.29) is 17.5 Å². The molecular weight excluding hydrogens is 424 g/mol. The lowest BCUT2D eigenvalue weighted by molar-refractivity contribution is 0.413. The van der Waals surface area contributed by atoms with Crippen molar-refractivity contribution in [3.63, 3.8) is 0 Å². The van der Waals surface area contributed by atoms with Crippen molar-refractivity contribution in [1.29, 1.82) is 0 Å². The molecule has 0 unspecified atom stereocenters. The highest BCUT2D eigenvalue weighted by atomic mass is 15.3. The fraction of sp³-hybridized carbons (Fsp3) is 0.269. The van der Waals surface area contributed by atoms with Gasteiger partial charge in [-0.3, -0.25) is 0 Å². The van der Waals surface area contributed by atoms with Gasteiger partial charge < -0.3 is 10.3 Å². The molecule has 0 amide bonds. The Morgan fingerprint density at radius 3 is 2.18 bits per heavy atom. The van der Waals surface area contributed by atoms with Crippen LogP contribution < -0.4 is 5.73 Å². The summed E-state index contributed by atoms with van der Waals surface area (Å²) in [5.74, 6) is 1.98. The van der Waals surface area contributed by atoms with Crippen LogP contribution in [0.25, 0.3) is 44.9 Å². The van der Waals surface area contributed by atoms with E-state index in [0.717, 1.165) is 44.9 Å². The molecule has 2 aromatic carbocycles. The van der Waals surface area contributed by atoms with Crippen LogP contribution in [-0.4, -0.2) is 34.3 Å². The number of benzene rings is 2. The summed E-state index contributed by atoms with van der Waals surface area (Å²) in [5, 5.41) is 4.45. The number of nitrogen functional groups attached to an aromatic ring is 1. The largest absolute Gasteiger partial charge is 0.368 e. The molecule has 0 fully saturated rings. The summed E-state index contributed by atoms with van der Waals surface area (Å²) in [4.78, 5) is 18.0. The fourth-order valence-corrected chi connectivity index (χ4v) is 4.30. The average Bonchev–Trinajstić information content (AvgIpc) is 3.44. The minimum Gasteiger partial charge on any atom is -0.368 e. The highest BCUT2D eigenvalue weighted by molar-refractivity contribution is 5.88. The Bertz CT molecular complexity index is 1470. The van der Waals surface area contributed by atoms with E-state index in [1.807, 2.05) is 16.8 Å². The molecule has 8 nitrogen and oxygen atoms in total. The molecule has 0 aliphatic rings. The second-order valence-corrected chi connectivity index (χ2v) is 9.64. The molecule has 3 aromatic heterocycles. The predicted molar refractivity (Wildman–Crippen MR) is 135 cm³/mol. The zero-order valence-electron chi connectivity index (χ0n) is 20.1. The number of anilines is 1. The first-order valence-corrected chi connectivity index (χ1v) is 11.3. The van der Waals surface area contributed by atoms with Crippen molar-refractivity contribution >= 4 is 17.0 Å². The number of fused-ring (bicyclic) bond motifs is 1. The highest BCUT2D eigenvalue weighted by Crippen LogP contribution is 2.37. The van der Waals surface area contributed by atoms with Gasteiger partial charge >= 0.3 is 0 Å². The van der Waals surface area contributed by atoms with E-state index in [1.54, 1.807) is 18.7 Å². The maximum Gasteiger partial charge on any atom is 0.219 e. The quantitative estimate of drug-likeness (QED) is 0.395. The van der Waals surface area contributed by atoms with E-state index in [0.29, 0.717) is 0 Å². The average molecular weight is 453 g/mol. The van der Waals surface area contributed by atoms with Gasteiger partial charge in [-0.1, -0.05) is 30.3 Å². The number of hydrogen-bond donors (Lipinski definition) is 1. The molecule has 172 valence electrons. The van der Waals surface area contributed by atoms with Gasteiger partial charge in [0.25, 0.3) is 0 Å². The van der Waals surface area contributed by atoms with Crippen molar-refractivity contribution in [3.8, 4) is 33.9 Å². The number of imidazole rings is 1. The predicted octanol–water partition coefficient (Wildman–Crippen LogP) is 5.34.